The number of benzene rings is 1. The van der Waals surface area contributed by atoms with Crippen LogP contribution in [0.25, 0.3) is 0 Å². The zero-order chi connectivity index (χ0) is 10.8. The van der Waals surface area contributed by atoms with Crippen LogP contribution in [0.2, 0.25) is 0 Å². The lowest BCUT2D eigenvalue weighted by Gasteiger charge is -2.38. The van der Waals surface area contributed by atoms with Gasteiger partial charge in [-0.25, -0.2) is 0 Å². The second-order valence-electron chi connectivity index (χ2n) is 3.76. The van der Waals surface area contributed by atoms with Gasteiger partial charge >= 0.3 is 0 Å². The van der Waals surface area contributed by atoms with Gasteiger partial charge in [0.1, 0.15) is 6.23 Å². The zero-order valence-corrected chi connectivity index (χ0v) is 9.37. The Bertz CT molecular complexity index is 355. The maximum absolute atomic E-state index is 9.49. The Morgan fingerprint density at radius 2 is 2.07 bits per heavy atom. The predicted octanol–water partition coefficient (Wildman–Crippen LogP) is 1.48. The molecule has 2 atom stereocenters. The van der Waals surface area contributed by atoms with E-state index < -0.39 is 6.23 Å². The summed E-state index contributed by atoms with van der Waals surface area (Å²) in [6.07, 6.45) is 0.155. The quantitative estimate of drug-likeness (QED) is 0.706. The molecule has 1 aromatic rings. The van der Waals surface area contributed by atoms with Gasteiger partial charge in [0.05, 0.1) is 0 Å². The zero-order valence-electron chi connectivity index (χ0n) is 8.55. The Morgan fingerprint density at radius 1 is 1.40 bits per heavy atom. The topological polar surface area (TPSA) is 35.5 Å². The molecule has 1 aliphatic rings. The normalized spacial score (nSPS) is 26.3. The number of rotatable bonds is 1. The molecule has 1 aliphatic heterocycles. The lowest BCUT2D eigenvalue weighted by molar-refractivity contribution is 0.135. The highest BCUT2D eigenvalue weighted by Crippen LogP contribution is 2.21. The van der Waals surface area contributed by atoms with Gasteiger partial charge in [0.25, 0.3) is 0 Å². The van der Waals surface area contributed by atoms with E-state index in [1.807, 2.05) is 35.2 Å². The maximum Gasteiger partial charge on any atom is 0.175 e. The Balaban J connectivity index is 2.25. The van der Waals surface area contributed by atoms with Crippen LogP contribution in [0.4, 0.5) is 5.69 Å². The minimum atomic E-state index is -0.521. The Hall–Kier alpha value is -1.13. The van der Waals surface area contributed by atoms with Crippen molar-refractivity contribution in [3.8, 4) is 0 Å². The highest BCUT2D eigenvalue weighted by atomic mass is 32.1. The van der Waals surface area contributed by atoms with Gasteiger partial charge in [-0.05, 0) is 31.3 Å². The van der Waals surface area contributed by atoms with Crippen molar-refractivity contribution in [3.63, 3.8) is 0 Å². The smallest absolute Gasteiger partial charge is 0.175 e. The number of nitrogens with one attached hydrogen (secondary N) is 1. The minimum Gasteiger partial charge on any atom is -0.374 e. The summed E-state index contributed by atoms with van der Waals surface area (Å²) in [5.41, 5.74) is 1.06. The van der Waals surface area contributed by atoms with E-state index in [9.17, 15) is 5.11 Å². The van der Waals surface area contributed by atoms with Crippen molar-refractivity contribution in [2.75, 3.05) is 4.90 Å². The van der Waals surface area contributed by atoms with Crippen LogP contribution in [0.3, 0.4) is 0 Å². The summed E-state index contributed by atoms with van der Waals surface area (Å²) in [6, 6.07) is 10.2. The van der Waals surface area contributed by atoms with Crippen molar-refractivity contribution in [1.29, 1.82) is 0 Å². The van der Waals surface area contributed by atoms with Crippen molar-refractivity contribution in [3.05, 3.63) is 30.3 Å². The molecule has 0 spiro atoms. The van der Waals surface area contributed by atoms with Crippen LogP contribution in [-0.2, 0) is 0 Å². The van der Waals surface area contributed by atoms with Crippen molar-refractivity contribution in [2.45, 2.75) is 25.6 Å². The SMILES string of the molecule is CC1CC(O)NC(=S)N1c1ccccc1. The number of anilines is 1. The van der Waals surface area contributed by atoms with Crippen LogP contribution >= 0.6 is 12.2 Å². The molecule has 3 nitrogen and oxygen atoms in total. The number of hydrogen-bond acceptors (Lipinski definition) is 2. The van der Waals surface area contributed by atoms with Crippen LogP contribution in [0, 0.1) is 0 Å². The van der Waals surface area contributed by atoms with E-state index in [1.54, 1.807) is 0 Å². The summed E-state index contributed by atoms with van der Waals surface area (Å²) in [5, 5.41) is 13.0. The number of para-hydroxylation sites is 1. The van der Waals surface area contributed by atoms with Gasteiger partial charge in [-0.1, -0.05) is 18.2 Å². The number of hydrogen-bond donors (Lipinski definition) is 2. The number of aliphatic hydroxyl groups is 1. The molecule has 1 heterocycles. The average molecular weight is 222 g/mol. The van der Waals surface area contributed by atoms with Gasteiger partial charge in [-0.15, -0.1) is 0 Å². The molecule has 0 saturated carbocycles. The monoisotopic (exact) mass is 222 g/mol. The number of thiocarbonyl (C=S) groups is 1. The third kappa shape index (κ3) is 2.11. The van der Waals surface area contributed by atoms with E-state index in [0.29, 0.717) is 11.5 Å². The standard InChI is InChI=1S/C11H14N2OS/c1-8-7-10(14)12-11(15)13(8)9-5-3-2-4-6-9/h2-6,8,10,14H,7H2,1H3,(H,12,15). The van der Waals surface area contributed by atoms with Crippen LogP contribution in [0.15, 0.2) is 30.3 Å². The van der Waals surface area contributed by atoms with E-state index in [2.05, 4.69) is 12.2 Å². The van der Waals surface area contributed by atoms with Crippen molar-refractivity contribution in [1.82, 2.24) is 5.32 Å². The molecule has 0 amide bonds. The first-order valence-corrected chi connectivity index (χ1v) is 5.42. The summed E-state index contributed by atoms with van der Waals surface area (Å²) in [6.45, 7) is 2.06. The molecule has 4 heteroatoms. The molecule has 15 heavy (non-hydrogen) atoms. The Kier molecular flexibility index (Phi) is 2.88. The molecule has 1 saturated heterocycles. The molecular formula is C11H14N2OS. The number of nitrogens with zero attached hydrogens (tertiary/aromatic N) is 1. The largest absolute Gasteiger partial charge is 0.374 e. The summed E-state index contributed by atoms with van der Waals surface area (Å²) < 4.78 is 0. The van der Waals surface area contributed by atoms with E-state index >= 15 is 0 Å². The highest BCUT2D eigenvalue weighted by molar-refractivity contribution is 7.80. The highest BCUT2D eigenvalue weighted by Gasteiger charge is 2.27. The van der Waals surface area contributed by atoms with Crippen LogP contribution < -0.4 is 10.2 Å². The molecule has 80 valence electrons. The van der Waals surface area contributed by atoms with Crippen LogP contribution in [0.1, 0.15) is 13.3 Å². The minimum absolute atomic E-state index is 0.219. The van der Waals surface area contributed by atoms with Gasteiger partial charge in [0.2, 0.25) is 0 Å². The lowest BCUT2D eigenvalue weighted by Crippen LogP contribution is -2.55. The van der Waals surface area contributed by atoms with Gasteiger partial charge in [-0.2, -0.15) is 0 Å². The number of aliphatic hydroxyl groups excluding tert-OH is 1. The fourth-order valence-corrected chi connectivity index (χ4v) is 2.28. The molecule has 1 aromatic carbocycles. The summed E-state index contributed by atoms with van der Waals surface area (Å²) in [7, 11) is 0. The predicted molar refractivity (Wildman–Crippen MR) is 64.7 cm³/mol. The van der Waals surface area contributed by atoms with Crippen LogP contribution in [0.5, 0.6) is 0 Å². The summed E-state index contributed by atoms with van der Waals surface area (Å²) >= 11 is 5.22. The maximum atomic E-state index is 9.49. The molecule has 1 fully saturated rings. The van der Waals surface area contributed by atoms with Gasteiger partial charge < -0.3 is 15.3 Å². The molecule has 0 aliphatic carbocycles. The Labute approximate surface area is 94.7 Å². The fraction of sp³-hybridized carbons (Fsp3) is 0.364. The molecule has 2 rings (SSSR count). The summed E-state index contributed by atoms with van der Waals surface area (Å²) in [5.74, 6) is 0. The first-order chi connectivity index (χ1) is 7.18. The van der Waals surface area contributed by atoms with Gasteiger partial charge in [0.15, 0.2) is 5.11 Å². The third-order valence-corrected chi connectivity index (χ3v) is 2.86. The molecule has 2 N–H and O–H groups in total. The lowest BCUT2D eigenvalue weighted by atomic mass is 10.1. The third-order valence-electron chi connectivity index (χ3n) is 2.55. The second-order valence-corrected chi connectivity index (χ2v) is 4.14. The van der Waals surface area contributed by atoms with E-state index in [-0.39, 0.29) is 6.04 Å². The van der Waals surface area contributed by atoms with Crippen LogP contribution in [-0.4, -0.2) is 22.5 Å². The first kappa shape index (κ1) is 10.4. The van der Waals surface area contributed by atoms with Gasteiger partial charge in [0, 0.05) is 18.2 Å². The molecule has 0 aromatic heterocycles. The summed E-state index contributed by atoms with van der Waals surface area (Å²) in [4.78, 5) is 2.03. The van der Waals surface area contributed by atoms with E-state index in [0.717, 1.165) is 5.69 Å². The first-order valence-electron chi connectivity index (χ1n) is 5.01. The molecule has 2 unspecified atom stereocenters. The van der Waals surface area contributed by atoms with Crippen molar-refractivity contribution < 1.29 is 5.11 Å². The van der Waals surface area contributed by atoms with Gasteiger partial charge in [-0.3, -0.25) is 0 Å². The van der Waals surface area contributed by atoms with Crippen molar-refractivity contribution in [2.24, 2.45) is 0 Å². The average Bonchev–Trinajstić information content (AvgIpc) is 2.17. The fourth-order valence-electron chi connectivity index (χ4n) is 1.86. The van der Waals surface area contributed by atoms with E-state index in [1.165, 1.54) is 0 Å². The second kappa shape index (κ2) is 4.16. The molecule has 0 bridgehead atoms. The van der Waals surface area contributed by atoms with Crippen molar-refractivity contribution >= 4 is 23.0 Å². The van der Waals surface area contributed by atoms with E-state index in [4.69, 9.17) is 12.2 Å². The Morgan fingerprint density at radius 3 is 2.67 bits per heavy atom. The molecular weight excluding hydrogens is 208 g/mol. The molecule has 0 radical (unpaired) electrons.